The van der Waals surface area contributed by atoms with Gasteiger partial charge in [0, 0.05) is 13.1 Å². The quantitative estimate of drug-likeness (QED) is 0.814. The summed E-state index contributed by atoms with van der Waals surface area (Å²) < 4.78 is 63.4. The van der Waals surface area contributed by atoms with Crippen molar-refractivity contribution in [3.05, 3.63) is 29.6 Å². The molecule has 0 radical (unpaired) electrons. The Morgan fingerprint density at radius 1 is 1.33 bits per heavy atom. The van der Waals surface area contributed by atoms with Crippen LogP contribution in [0.25, 0.3) is 0 Å². The van der Waals surface area contributed by atoms with E-state index in [0.717, 1.165) is 10.4 Å². The topological polar surface area (TPSA) is 71.5 Å². The fourth-order valence-corrected chi connectivity index (χ4v) is 5.78. The SMILES string of the molecule is Cc1ccc(S(=O)(=O)N2CCS(=O)(=O)CC(C)C2)c(F)c1. The van der Waals surface area contributed by atoms with Gasteiger partial charge < -0.3 is 0 Å². The molecule has 0 bridgehead atoms. The molecular formula is C13H18FNO4S2. The van der Waals surface area contributed by atoms with Crippen LogP contribution in [0.3, 0.4) is 0 Å². The average molecular weight is 335 g/mol. The molecule has 0 N–H and O–H groups in total. The molecule has 0 saturated carbocycles. The summed E-state index contributed by atoms with van der Waals surface area (Å²) in [6, 6.07) is 3.91. The number of nitrogens with zero attached hydrogens (tertiary/aromatic N) is 1. The predicted molar refractivity (Wildman–Crippen MR) is 77.7 cm³/mol. The van der Waals surface area contributed by atoms with Crippen LogP contribution in [0.5, 0.6) is 0 Å². The molecule has 2 rings (SSSR count). The zero-order valence-corrected chi connectivity index (χ0v) is 13.5. The van der Waals surface area contributed by atoms with Crippen molar-refractivity contribution in [3.63, 3.8) is 0 Å². The molecule has 1 aliphatic heterocycles. The minimum Gasteiger partial charge on any atom is -0.229 e. The third-order valence-electron chi connectivity index (χ3n) is 3.41. The molecule has 1 aromatic carbocycles. The lowest BCUT2D eigenvalue weighted by Gasteiger charge is -2.21. The number of hydrogen-bond donors (Lipinski definition) is 0. The molecular weight excluding hydrogens is 317 g/mol. The maximum absolute atomic E-state index is 13.9. The largest absolute Gasteiger partial charge is 0.246 e. The maximum Gasteiger partial charge on any atom is 0.246 e. The van der Waals surface area contributed by atoms with Crippen molar-refractivity contribution in [1.29, 1.82) is 0 Å². The molecule has 1 aromatic rings. The highest BCUT2D eigenvalue weighted by Crippen LogP contribution is 2.23. The molecule has 118 valence electrons. The van der Waals surface area contributed by atoms with Crippen molar-refractivity contribution in [2.24, 2.45) is 5.92 Å². The molecule has 8 heteroatoms. The highest BCUT2D eigenvalue weighted by Gasteiger charge is 2.33. The molecule has 1 unspecified atom stereocenters. The predicted octanol–water partition coefficient (Wildman–Crippen LogP) is 1.19. The maximum atomic E-state index is 13.9. The van der Waals surface area contributed by atoms with E-state index in [4.69, 9.17) is 0 Å². The van der Waals surface area contributed by atoms with E-state index in [2.05, 4.69) is 0 Å². The van der Waals surface area contributed by atoms with Crippen molar-refractivity contribution in [2.75, 3.05) is 24.6 Å². The van der Waals surface area contributed by atoms with Gasteiger partial charge in [0.25, 0.3) is 0 Å². The van der Waals surface area contributed by atoms with Gasteiger partial charge in [-0.2, -0.15) is 4.31 Å². The first-order valence-electron chi connectivity index (χ1n) is 6.58. The van der Waals surface area contributed by atoms with Gasteiger partial charge in [-0.3, -0.25) is 0 Å². The summed E-state index contributed by atoms with van der Waals surface area (Å²) in [6.07, 6.45) is 0. The molecule has 1 fully saturated rings. The zero-order chi connectivity index (χ0) is 15.8. The molecule has 0 aliphatic carbocycles. The Kier molecular flexibility index (Phi) is 4.41. The summed E-state index contributed by atoms with van der Waals surface area (Å²) in [5.74, 6) is -1.41. The van der Waals surface area contributed by atoms with Gasteiger partial charge in [-0.1, -0.05) is 13.0 Å². The molecule has 0 aromatic heterocycles. The van der Waals surface area contributed by atoms with Crippen LogP contribution in [0, 0.1) is 18.7 Å². The minimum atomic E-state index is -4.02. The van der Waals surface area contributed by atoms with Gasteiger partial charge in [0.2, 0.25) is 10.0 Å². The normalized spacial score (nSPS) is 23.7. The lowest BCUT2D eigenvalue weighted by atomic mass is 10.2. The summed E-state index contributed by atoms with van der Waals surface area (Å²) in [5.41, 5.74) is 0.623. The van der Waals surface area contributed by atoms with Crippen LogP contribution in [0.4, 0.5) is 4.39 Å². The fraction of sp³-hybridized carbons (Fsp3) is 0.538. The average Bonchev–Trinajstić information content (AvgIpc) is 2.46. The second-order valence-corrected chi connectivity index (χ2v) is 9.65. The second-order valence-electron chi connectivity index (χ2n) is 5.52. The van der Waals surface area contributed by atoms with Gasteiger partial charge >= 0.3 is 0 Å². The standard InChI is InChI=1S/C13H18FNO4S2/c1-10-3-4-13(12(14)7-10)21(18,19)15-5-6-20(16,17)9-11(2)8-15/h3-4,7,11H,5-6,8-9H2,1-2H3. The minimum absolute atomic E-state index is 0.0462. The van der Waals surface area contributed by atoms with Crippen molar-refractivity contribution >= 4 is 19.9 Å². The van der Waals surface area contributed by atoms with Crippen LogP contribution in [-0.2, 0) is 19.9 Å². The zero-order valence-electron chi connectivity index (χ0n) is 11.9. The first-order chi connectivity index (χ1) is 9.62. The first-order valence-corrected chi connectivity index (χ1v) is 9.85. The lowest BCUT2D eigenvalue weighted by Crippen LogP contribution is -2.35. The number of rotatable bonds is 2. The van der Waals surface area contributed by atoms with Gasteiger partial charge in [0.05, 0.1) is 11.5 Å². The Balaban J connectivity index is 2.39. The second kappa shape index (κ2) is 5.66. The summed E-state index contributed by atoms with van der Waals surface area (Å²) in [4.78, 5) is -0.403. The van der Waals surface area contributed by atoms with Crippen LogP contribution in [0.1, 0.15) is 12.5 Å². The van der Waals surface area contributed by atoms with Crippen molar-refractivity contribution in [3.8, 4) is 0 Å². The van der Waals surface area contributed by atoms with E-state index in [1.54, 1.807) is 13.8 Å². The Hall–Kier alpha value is -0.990. The van der Waals surface area contributed by atoms with Crippen molar-refractivity contribution < 1.29 is 21.2 Å². The summed E-state index contributed by atoms with van der Waals surface area (Å²) in [5, 5.41) is 0. The van der Waals surface area contributed by atoms with Crippen LogP contribution in [-0.4, -0.2) is 45.7 Å². The van der Waals surface area contributed by atoms with E-state index in [0.29, 0.717) is 5.56 Å². The fourth-order valence-electron chi connectivity index (χ4n) is 2.42. The molecule has 1 saturated heterocycles. The van der Waals surface area contributed by atoms with E-state index in [1.807, 2.05) is 0 Å². The number of aryl methyl sites for hydroxylation is 1. The van der Waals surface area contributed by atoms with Gasteiger partial charge in [0.1, 0.15) is 10.7 Å². The third-order valence-corrected chi connectivity index (χ3v) is 7.19. The molecule has 1 heterocycles. The van der Waals surface area contributed by atoms with E-state index in [1.165, 1.54) is 12.1 Å². The third kappa shape index (κ3) is 3.61. The van der Waals surface area contributed by atoms with Crippen molar-refractivity contribution in [1.82, 2.24) is 4.31 Å². The van der Waals surface area contributed by atoms with Gasteiger partial charge in [-0.25, -0.2) is 21.2 Å². The Morgan fingerprint density at radius 3 is 2.62 bits per heavy atom. The Labute approximate surface area is 124 Å². The number of hydrogen-bond acceptors (Lipinski definition) is 4. The van der Waals surface area contributed by atoms with E-state index in [-0.39, 0.29) is 30.5 Å². The number of benzene rings is 1. The summed E-state index contributed by atoms with van der Waals surface area (Å²) >= 11 is 0. The highest BCUT2D eigenvalue weighted by molar-refractivity contribution is 7.91. The smallest absolute Gasteiger partial charge is 0.229 e. The molecule has 21 heavy (non-hydrogen) atoms. The van der Waals surface area contributed by atoms with Crippen LogP contribution >= 0.6 is 0 Å². The van der Waals surface area contributed by atoms with Gasteiger partial charge in [0.15, 0.2) is 9.84 Å². The van der Waals surface area contributed by atoms with Crippen LogP contribution < -0.4 is 0 Å². The summed E-state index contributed by atoms with van der Waals surface area (Å²) in [6.45, 7) is 3.29. The molecule has 1 atom stereocenters. The van der Waals surface area contributed by atoms with E-state index < -0.39 is 30.6 Å². The molecule has 1 aliphatic rings. The van der Waals surface area contributed by atoms with Gasteiger partial charge in [-0.05, 0) is 30.5 Å². The Bertz CT molecular complexity index is 743. The number of sulfonamides is 1. The molecule has 0 amide bonds. The van der Waals surface area contributed by atoms with Crippen molar-refractivity contribution in [2.45, 2.75) is 18.7 Å². The first kappa shape index (κ1) is 16.4. The number of halogens is 1. The van der Waals surface area contributed by atoms with Crippen LogP contribution in [0.2, 0.25) is 0 Å². The van der Waals surface area contributed by atoms with E-state index in [9.17, 15) is 21.2 Å². The monoisotopic (exact) mass is 335 g/mol. The molecule has 5 nitrogen and oxygen atoms in total. The van der Waals surface area contributed by atoms with Gasteiger partial charge in [-0.15, -0.1) is 0 Å². The van der Waals surface area contributed by atoms with Crippen LogP contribution in [0.15, 0.2) is 23.1 Å². The summed E-state index contributed by atoms with van der Waals surface area (Å²) in [7, 11) is -7.28. The number of sulfone groups is 1. The molecule has 0 spiro atoms. The van der Waals surface area contributed by atoms with E-state index >= 15 is 0 Å². The highest BCUT2D eigenvalue weighted by atomic mass is 32.2. The Morgan fingerprint density at radius 2 is 2.00 bits per heavy atom. The lowest BCUT2D eigenvalue weighted by molar-refractivity contribution is 0.389.